The van der Waals surface area contributed by atoms with Crippen LogP contribution in [0.25, 0.3) is 10.9 Å². The van der Waals surface area contributed by atoms with Crippen LogP contribution in [-0.2, 0) is 5.33 Å². The highest BCUT2D eigenvalue weighted by molar-refractivity contribution is 9.08. The van der Waals surface area contributed by atoms with E-state index in [9.17, 15) is 0 Å². The predicted molar refractivity (Wildman–Crippen MR) is 89.7 cm³/mol. The van der Waals surface area contributed by atoms with Crippen molar-refractivity contribution >= 4 is 32.7 Å². The van der Waals surface area contributed by atoms with E-state index in [1.165, 1.54) is 42.5 Å². The molecule has 0 aliphatic heterocycles. The summed E-state index contributed by atoms with van der Waals surface area (Å²) in [5.41, 5.74) is 2.40. The fourth-order valence-electron chi connectivity index (χ4n) is 3.29. The normalized spacial score (nSPS) is 15.9. The molecule has 0 atom stereocenters. The molecule has 1 aromatic heterocycles. The Morgan fingerprint density at radius 1 is 1.25 bits per heavy atom. The van der Waals surface area contributed by atoms with Crippen molar-refractivity contribution < 1.29 is 0 Å². The summed E-state index contributed by atoms with van der Waals surface area (Å²) in [6.07, 6.45) is 5.34. The number of hydrogen-bond donors (Lipinski definition) is 0. The summed E-state index contributed by atoms with van der Waals surface area (Å²) in [5, 5.41) is 2.09. The first-order valence-corrected chi connectivity index (χ1v) is 8.67. The molecule has 1 fully saturated rings. The quantitative estimate of drug-likeness (QED) is 0.740. The van der Waals surface area contributed by atoms with Crippen LogP contribution in [0.5, 0.6) is 0 Å². The molecule has 1 saturated carbocycles. The predicted octanol–water partition coefficient (Wildman–Crippen LogP) is 4.90. The van der Waals surface area contributed by atoms with Gasteiger partial charge in [0, 0.05) is 28.9 Å². The van der Waals surface area contributed by atoms with Crippen LogP contribution in [0.4, 0.5) is 5.82 Å². The zero-order chi connectivity index (χ0) is 13.9. The Morgan fingerprint density at radius 3 is 2.70 bits per heavy atom. The molecule has 106 valence electrons. The molecule has 0 radical (unpaired) electrons. The van der Waals surface area contributed by atoms with Gasteiger partial charge in [-0.05, 0) is 31.9 Å². The van der Waals surface area contributed by atoms with Crippen LogP contribution in [0.15, 0.2) is 30.3 Å². The van der Waals surface area contributed by atoms with Crippen LogP contribution >= 0.6 is 15.9 Å². The van der Waals surface area contributed by atoms with E-state index in [4.69, 9.17) is 4.98 Å². The monoisotopic (exact) mass is 332 g/mol. The molecule has 0 unspecified atom stereocenters. The Hall–Kier alpha value is -1.09. The lowest BCUT2D eigenvalue weighted by Gasteiger charge is -2.30. The maximum absolute atomic E-state index is 4.96. The molecule has 0 bridgehead atoms. The number of halogens is 1. The molecule has 3 heteroatoms. The average molecular weight is 333 g/mol. The number of hydrogen-bond acceptors (Lipinski definition) is 2. The van der Waals surface area contributed by atoms with Gasteiger partial charge in [0.2, 0.25) is 0 Å². The molecular formula is C17H21BrN2. The molecule has 1 aliphatic carbocycles. The lowest BCUT2D eigenvalue weighted by molar-refractivity contribution is 0.612. The summed E-state index contributed by atoms with van der Waals surface area (Å²) in [5.74, 6) is 1.18. The first kappa shape index (κ1) is 13.9. The highest BCUT2D eigenvalue weighted by Crippen LogP contribution is 2.31. The third-order valence-corrected chi connectivity index (χ3v) is 4.91. The zero-order valence-electron chi connectivity index (χ0n) is 12.0. The number of alkyl halides is 1. The van der Waals surface area contributed by atoms with Crippen molar-refractivity contribution in [1.82, 2.24) is 4.98 Å². The zero-order valence-corrected chi connectivity index (χ0v) is 13.6. The van der Waals surface area contributed by atoms with E-state index in [1.54, 1.807) is 0 Å². The number of pyridine rings is 1. The van der Waals surface area contributed by atoms with Crippen LogP contribution in [0.1, 0.15) is 38.2 Å². The Bertz CT molecular complexity index is 591. The van der Waals surface area contributed by atoms with Crippen molar-refractivity contribution in [3.05, 3.63) is 35.9 Å². The van der Waals surface area contributed by atoms with Crippen molar-refractivity contribution in [2.75, 3.05) is 11.4 Å². The fourth-order valence-corrected chi connectivity index (χ4v) is 3.71. The first-order chi connectivity index (χ1) is 9.83. The number of rotatable bonds is 4. The van der Waals surface area contributed by atoms with Gasteiger partial charge < -0.3 is 4.90 Å². The summed E-state index contributed by atoms with van der Waals surface area (Å²) in [4.78, 5) is 7.47. The second-order valence-corrected chi connectivity index (χ2v) is 6.08. The summed E-state index contributed by atoms with van der Waals surface area (Å²) in [6, 6.07) is 11.4. The van der Waals surface area contributed by atoms with Crippen molar-refractivity contribution in [2.24, 2.45) is 0 Å². The number of anilines is 1. The second-order valence-electron chi connectivity index (χ2n) is 5.52. The minimum absolute atomic E-state index is 0.673. The minimum Gasteiger partial charge on any atom is -0.354 e. The lowest BCUT2D eigenvalue weighted by Crippen LogP contribution is -2.34. The summed E-state index contributed by atoms with van der Waals surface area (Å²) < 4.78 is 0. The maximum atomic E-state index is 4.96. The second kappa shape index (κ2) is 6.13. The molecule has 1 heterocycles. The van der Waals surface area contributed by atoms with Crippen LogP contribution in [0.3, 0.4) is 0 Å². The third kappa shape index (κ3) is 2.56. The van der Waals surface area contributed by atoms with E-state index in [0.717, 1.165) is 17.4 Å². The Morgan fingerprint density at radius 2 is 2.00 bits per heavy atom. The van der Waals surface area contributed by atoms with Gasteiger partial charge >= 0.3 is 0 Å². The van der Waals surface area contributed by atoms with Gasteiger partial charge in [-0.2, -0.15) is 0 Å². The standard InChI is InChI=1S/C17H21BrN2/c1-2-20(15-8-4-5-9-15)17-14(12-18)11-13-7-3-6-10-16(13)19-17/h3,6-7,10-11,15H,2,4-5,8-9,12H2,1H3. The van der Waals surface area contributed by atoms with Gasteiger partial charge in [-0.1, -0.05) is 47.0 Å². The van der Waals surface area contributed by atoms with E-state index >= 15 is 0 Å². The van der Waals surface area contributed by atoms with Gasteiger partial charge in [-0.3, -0.25) is 0 Å². The van der Waals surface area contributed by atoms with Gasteiger partial charge in [-0.15, -0.1) is 0 Å². The van der Waals surface area contributed by atoms with E-state index < -0.39 is 0 Å². The molecule has 2 nitrogen and oxygen atoms in total. The van der Waals surface area contributed by atoms with Crippen LogP contribution < -0.4 is 4.90 Å². The summed E-state index contributed by atoms with van der Waals surface area (Å²) in [7, 11) is 0. The Kier molecular flexibility index (Phi) is 4.25. The molecule has 0 spiro atoms. The highest BCUT2D eigenvalue weighted by Gasteiger charge is 2.24. The number of nitrogens with zero attached hydrogens (tertiary/aromatic N) is 2. The number of para-hydroxylation sites is 1. The van der Waals surface area contributed by atoms with Gasteiger partial charge in [-0.25, -0.2) is 4.98 Å². The molecule has 20 heavy (non-hydrogen) atoms. The van der Waals surface area contributed by atoms with Crippen LogP contribution in [-0.4, -0.2) is 17.6 Å². The molecule has 2 aromatic rings. The van der Waals surface area contributed by atoms with E-state index in [2.05, 4.69) is 58.1 Å². The number of benzene rings is 1. The van der Waals surface area contributed by atoms with Gasteiger partial charge in [0.25, 0.3) is 0 Å². The molecule has 1 aliphatic rings. The summed E-state index contributed by atoms with van der Waals surface area (Å²) >= 11 is 3.63. The summed E-state index contributed by atoms with van der Waals surface area (Å²) in [6.45, 7) is 3.28. The van der Waals surface area contributed by atoms with Crippen molar-refractivity contribution in [2.45, 2.75) is 44.0 Å². The largest absolute Gasteiger partial charge is 0.354 e. The molecule has 0 amide bonds. The highest BCUT2D eigenvalue weighted by atomic mass is 79.9. The SMILES string of the molecule is CCN(c1nc2ccccc2cc1CBr)C1CCCC1. The van der Waals surface area contributed by atoms with E-state index in [1.807, 2.05) is 0 Å². The van der Waals surface area contributed by atoms with Crippen molar-refractivity contribution in [1.29, 1.82) is 0 Å². The molecule has 0 N–H and O–H groups in total. The fraction of sp³-hybridized carbons (Fsp3) is 0.471. The smallest absolute Gasteiger partial charge is 0.133 e. The Labute approximate surface area is 129 Å². The third-order valence-electron chi connectivity index (χ3n) is 4.30. The molecular weight excluding hydrogens is 312 g/mol. The van der Waals surface area contributed by atoms with Gasteiger partial charge in [0.1, 0.15) is 5.82 Å². The number of fused-ring (bicyclic) bond motifs is 1. The van der Waals surface area contributed by atoms with Gasteiger partial charge in [0.15, 0.2) is 0 Å². The van der Waals surface area contributed by atoms with Crippen molar-refractivity contribution in [3.63, 3.8) is 0 Å². The molecule has 0 saturated heterocycles. The van der Waals surface area contributed by atoms with Crippen LogP contribution in [0.2, 0.25) is 0 Å². The lowest BCUT2D eigenvalue weighted by atomic mass is 10.1. The van der Waals surface area contributed by atoms with Crippen LogP contribution in [0, 0.1) is 0 Å². The van der Waals surface area contributed by atoms with Gasteiger partial charge in [0.05, 0.1) is 5.52 Å². The van der Waals surface area contributed by atoms with Crippen molar-refractivity contribution in [3.8, 4) is 0 Å². The molecule has 1 aromatic carbocycles. The molecule has 3 rings (SSSR count). The Balaban J connectivity index is 2.07. The van der Waals surface area contributed by atoms with E-state index in [0.29, 0.717) is 6.04 Å². The first-order valence-electron chi connectivity index (χ1n) is 7.54. The minimum atomic E-state index is 0.673. The van der Waals surface area contributed by atoms with E-state index in [-0.39, 0.29) is 0 Å². The maximum Gasteiger partial charge on any atom is 0.133 e. The average Bonchev–Trinajstić information content (AvgIpc) is 3.01. The topological polar surface area (TPSA) is 16.1 Å². The number of aromatic nitrogens is 1.